The molecule has 1 rings (SSSR count). The first kappa shape index (κ1) is 9.55. The van der Waals surface area contributed by atoms with E-state index < -0.39 is 0 Å². The summed E-state index contributed by atoms with van der Waals surface area (Å²) in [7, 11) is 0. The topological polar surface area (TPSA) is 34.9 Å². The molecule has 0 atom stereocenters. The summed E-state index contributed by atoms with van der Waals surface area (Å²) in [6.45, 7) is 0.565. The number of rotatable bonds is 3. The van der Waals surface area contributed by atoms with Gasteiger partial charge in [-0.1, -0.05) is 11.6 Å². The molecule has 3 nitrogen and oxygen atoms in total. The van der Waals surface area contributed by atoms with Gasteiger partial charge in [-0.15, -0.1) is 11.6 Å². The Morgan fingerprint density at radius 3 is 3.00 bits per heavy atom. The Morgan fingerprint density at radius 2 is 2.33 bits per heavy atom. The summed E-state index contributed by atoms with van der Waals surface area (Å²) in [5.74, 6) is 0.527. The zero-order valence-corrected chi connectivity index (χ0v) is 7.85. The van der Waals surface area contributed by atoms with Gasteiger partial charge < -0.3 is 0 Å². The summed E-state index contributed by atoms with van der Waals surface area (Å²) in [4.78, 5) is 14.6. The lowest BCUT2D eigenvalue weighted by molar-refractivity contribution is 0.638. The lowest BCUT2D eigenvalue weighted by Crippen LogP contribution is -2.22. The monoisotopic (exact) mass is 206 g/mol. The van der Waals surface area contributed by atoms with Gasteiger partial charge in [0.05, 0.1) is 11.2 Å². The van der Waals surface area contributed by atoms with Gasteiger partial charge in [0, 0.05) is 18.6 Å². The molecule has 66 valence electrons. The van der Waals surface area contributed by atoms with Crippen LogP contribution in [0.25, 0.3) is 0 Å². The van der Waals surface area contributed by atoms with E-state index in [0.29, 0.717) is 17.4 Å². The quantitative estimate of drug-likeness (QED) is 0.704. The van der Waals surface area contributed by atoms with Crippen molar-refractivity contribution in [2.24, 2.45) is 0 Å². The molecule has 0 N–H and O–H groups in total. The molecule has 0 bridgehead atoms. The number of hydrogen-bond donors (Lipinski definition) is 0. The van der Waals surface area contributed by atoms with Crippen molar-refractivity contribution in [1.82, 2.24) is 9.55 Å². The Kier molecular flexibility index (Phi) is 3.56. The van der Waals surface area contributed by atoms with Crippen molar-refractivity contribution in [1.29, 1.82) is 0 Å². The minimum atomic E-state index is -0.287. The SMILES string of the molecule is O=c1ncc(Cl)cn1CCCCl. The fraction of sp³-hybridized carbons (Fsp3) is 0.429. The number of hydrogen-bond acceptors (Lipinski definition) is 2. The van der Waals surface area contributed by atoms with Crippen molar-refractivity contribution in [3.8, 4) is 0 Å². The highest BCUT2D eigenvalue weighted by Gasteiger charge is 1.96. The van der Waals surface area contributed by atoms with Gasteiger partial charge in [-0.2, -0.15) is 0 Å². The highest BCUT2D eigenvalue weighted by molar-refractivity contribution is 6.30. The molecule has 5 heteroatoms. The summed E-state index contributed by atoms with van der Waals surface area (Å²) in [6, 6.07) is 0. The van der Waals surface area contributed by atoms with Crippen LogP contribution in [0.4, 0.5) is 0 Å². The molecule has 0 spiro atoms. The molecule has 0 saturated carbocycles. The van der Waals surface area contributed by atoms with E-state index in [9.17, 15) is 4.79 Å². The van der Waals surface area contributed by atoms with Crippen molar-refractivity contribution in [2.45, 2.75) is 13.0 Å². The maximum absolute atomic E-state index is 11.0. The predicted octanol–water partition coefficient (Wildman–Crippen LogP) is 1.53. The van der Waals surface area contributed by atoms with Crippen LogP contribution in [0.3, 0.4) is 0 Å². The fourth-order valence-electron chi connectivity index (χ4n) is 0.819. The summed E-state index contributed by atoms with van der Waals surface area (Å²) in [5.41, 5.74) is -0.287. The van der Waals surface area contributed by atoms with Gasteiger partial charge in [-0.3, -0.25) is 4.57 Å². The summed E-state index contributed by atoms with van der Waals surface area (Å²) in [6.07, 6.45) is 3.63. The number of aromatic nitrogens is 2. The molecule has 0 aromatic carbocycles. The standard InChI is InChI=1S/C7H8Cl2N2O/c8-2-1-3-11-5-6(9)4-10-7(11)12/h4-5H,1-3H2. The third-order valence-corrected chi connectivity index (χ3v) is 1.82. The highest BCUT2D eigenvalue weighted by Crippen LogP contribution is 2.01. The zero-order valence-electron chi connectivity index (χ0n) is 6.33. The molecule has 0 aliphatic rings. The Bertz CT molecular complexity index is 311. The molecule has 1 aromatic rings. The Balaban J connectivity index is 2.83. The van der Waals surface area contributed by atoms with E-state index in [1.165, 1.54) is 10.8 Å². The number of halogens is 2. The lowest BCUT2D eigenvalue weighted by Gasteiger charge is -2.01. The van der Waals surface area contributed by atoms with Gasteiger partial charge in [-0.05, 0) is 6.42 Å². The van der Waals surface area contributed by atoms with Crippen LogP contribution >= 0.6 is 23.2 Å². The highest BCUT2D eigenvalue weighted by atomic mass is 35.5. The van der Waals surface area contributed by atoms with Crippen molar-refractivity contribution in [2.75, 3.05) is 5.88 Å². The summed E-state index contributed by atoms with van der Waals surface area (Å²) >= 11 is 11.1. The molecular formula is C7H8Cl2N2O. The fourth-order valence-corrected chi connectivity index (χ4v) is 1.10. The van der Waals surface area contributed by atoms with Crippen molar-refractivity contribution >= 4 is 23.2 Å². The van der Waals surface area contributed by atoms with Crippen molar-refractivity contribution in [3.05, 3.63) is 27.9 Å². The lowest BCUT2D eigenvalue weighted by atomic mass is 10.4. The average Bonchev–Trinajstić information content (AvgIpc) is 2.07. The van der Waals surface area contributed by atoms with E-state index in [-0.39, 0.29) is 5.69 Å². The van der Waals surface area contributed by atoms with E-state index in [4.69, 9.17) is 23.2 Å². The summed E-state index contributed by atoms with van der Waals surface area (Å²) < 4.78 is 1.45. The van der Waals surface area contributed by atoms with E-state index >= 15 is 0 Å². The maximum atomic E-state index is 11.0. The van der Waals surface area contributed by atoms with Crippen LogP contribution in [-0.2, 0) is 6.54 Å². The number of aryl methyl sites for hydroxylation is 1. The van der Waals surface area contributed by atoms with Gasteiger partial charge in [-0.25, -0.2) is 9.78 Å². The minimum absolute atomic E-state index is 0.287. The number of alkyl halides is 1. The second-order valence-electron chi connectivity index (χ2n) is 2.29. The smallest absolute Gasteiger partial charge is 0.298 e. The molecular weight excluding hydrogens is 199 g/mol. The van der Waals surface area contributed by atoms with Crippen LogP contribution in [0.1, 0.15) is 6.42 Å². The Hall–Kier alpha value is -0.540. The first-order chi connectivity index (χ1) is 5.74. The second-order valence-corrected chi connectivity index (χ2v) is 3.11. The van der Waals surface area contributed by atoms with Crippen LogP contribution in [0.15, 0.2) is 17.2 Å². The minimum Gasteiger partial charge on any atom is -0.298 e. The van der Waals surface area contributed by atoms with E-state index in [2.05, 4.69) is 4.98 Å². The second kappa shape index (κ2) is 4.48. The molecule has 0 aliphatic heterocycles. The van der Waals surface area contributed by atoms with Crippen molar-refractivity contribution < 1.29 is 0 Å². The van der Waals surface area contributed by atoms with E-state index in [1.54, 1.807) is 6.20 Å². The molecule has 1 heterocycles. The van der Waals surface area contributed by atoms with Crippen LogP contribution in [0.2, 0.25) is 5.02 Å². The molecule has 0 fully saturated rings. The summed E-state index contributed by atoms with van der Waals surface area (Å²) in [5, 5.41) is 0.462. The van der Waals surface area contributed by atoms with E-state index in [0.717, 1.165) is 6.42 Å². The molecule has 0 unspecified atom stereocenters. The molecule has 0 aliphatic carbocycles. The Labute approximate surface area is 79.9 Å². The molecule has 12 heavy (non-hydrogen) atoms. The third kappa shape index (κ3) is 2.50. The van der Waals surface area contributed by atoms with Gasteiger partial charge >= 0.3 is 5.69 Å². The van der Waals surface area contributed by atoms with Crippen LogP contribution in [0, 0.1) is 0 Å². The molecule has 0 saturated heterocycles. The Morgan fingerprint density at radius 1 is 1.58 bits per heavy atom. The van der Waals surface area contributed by atoms with Gasteiger partial charge in [0.1, 0.15) is 0 Å². The maximum Gasteiger partial charge on any atom is 0.347 e. The molecule has 0 radical (unpaired) electrons. The van der Waals surface area contributed by atoms with Gasteiger partial charge in [0.15, 0.2) is 0 Å². The molecule has 1 aromatic heterocycles. The van der Waals surface area contributed by atoms with Gasteiger partial charge in [0.2, 0.25) is 0 Å². The number of nitrogens with zero attached hydrogens (tertiary/aromatic N) is 2. The zero-order chi connectivity index (χ0) is 8.97. The molecule has 0 amide bonds. The largest absolute Gasteiger partial charge is 0.347 e. The average molecular weight is 207 g/mol. The van der Waals surface area contributed by atoms with Crippen LogP contribution in [-0.4, -0.2) is 15.4 Å². The van der Waals surface area contributed by atoms with Crippen molar-refractivity contribution in [3.63, 3.8) is 0 Å². The predicted molar refractivity (Wildman–Crippen MR) is 48.8 cm³/mol. The van der Waals surface area contributed by atoms with Crippen LogP contribution < -0.4 is 5.69 Å². The first-order valence-corrected chi connectivity index (χ1v) is 4.43. The third-order valence-electron chi connectivity index (χ3n) is 1.36. The van der Waals surface area contributed by atoms with Gasteiger partial charge in [0.25, 0.3) is 0 Å². The first-order valence-electron chi connectivity index (χ1n) is 3.52. The normalized spacial score (nSPS) is 10.2. The van der Waals surface area contributed by atoms with Crippen LogP contribution in [0.5, 0.6) is 0 Å². The van der Waals surface area contributed by atoms with E-state index in [1.807, 2.05) is 0 Å².